The highest BCUT2D eigenvalue weighted by Gasteiger charge is 2.23. The van der Waals surface area contributed by atoms with Crippen molar-refractivity contribution in [1.29, 1.82) is 0 Å². The van der Waals surface area contributed by atoms with Crippen LogP contribution in [-0.2, 0) is 6.42 Å². The first-order valence-electron chi connectivity index (χ1n) is 8.39. The first-order valence-corrected chi connectivity index (χ1v) is 8.39. The molecule has 2 unspecified atom stereocenters. The van der Waals surface area contributed by atoms with Crippen LogP contribution in [0.1, 0.15) is 65.1 Å². The second-order valence-electron chi connectivity index (χ2n) is 6.68. The van der Waals surface area contributed by atoms with E-state index in [1.54, 1.807) is 0 Å². The lowest BCUT2D eigenvalue weighted by molar-refractivity contribution is 0.288. The maximum atomic E-state index is 4.85. The second kappa shape index (κ2) is 7.26. The summed E-state index contributed by atoms with van der Waals surface area (Å²) in [5.74, 6) is 1.34. The third-order valence-electron chi connectivity index (χ3n) is 4.83. The van der Waals surface area contributed by atoms with E-state index in [0.29, 0.717) is 23.9 Å². The number of nitrogens with zero attached hydrogens (tertiary/aromatic N) is 2. The van der Waals surface area contributed by atoms with Gasteiger partial charge in [0.15, 0.2) is 0 Å². The number of hydrogen-bond acceptors (Lipinski definition) is 2. The SMILES string of the molecule is CCNC(C)C(Cc1ccn(C2CCCC2)n1)C(C)C. The van der Waals surface area contributed by atoms with Gasteiger partial charge >= 0.3 is 0 Å². The summed E-state index contributed by atoms with van der Waals surface area (Å²) in [4.78, 5) is 0. The molecule has 0 bridgehead atoms. The summed E-state index contributed by atoms with van der Waals surface area (Å²) in [6.45, 7) is 10.2. The van der Waals surface area contributed by atoms with Gasteiger partial charge in [-0.1, -0.05) is 33.6 Å². The molecule has 3 heteroatoms. The first-order chi connectivity index (χ1) is 9.61. The quantitative estimate of drug-likeness (QED) is 0.821. The minimum Gasteiger partial charge on any atom is -0.314 e. The molecular formula is C17H31N3. The van der Waals surface area contributed by atoms with E-state index < -0.39 is 0 Å². The summed E-state index contributed by atoms with van der Waals surface area (Å²) >= 11 is 0. The highest BCUT2D eigenvalue weighted by atomic mass is 15.3. The van der Waals surface area contributed by atoms with Gasteiger partial charge in [-0.2, -0.15) is 5.10 Å². The molecule has 0 saturated heterocycles. The predicted octanol–water partition coefficient (Wildman–Crippen LogP) is 3.81. The zero-order chi connectivity index (χ0) is 14.5. The molecule has 1 aliphatic rings. The lowest BCUT2D eigenvalue weighted by Crippen LogP contribution is -2.37. The Morgan fingerprint density at radius 2 is 2.00 bits per heavy atom. The monoisotopic (exact) mass is 277 g/mol. The van der Waals surface area contributed by atoms with Crippen LogP contribution in [0.4, 0.5) is 0 Å². The summed E-state index contributed by atoms with van der Waals surface area (Å²) < 4.78 is 2.22. The van der Waals surface area contributed by atoms with Crippen molar-refractivity contribution in [3.05, 3.63) is 18.0 Å². The van der Waals surface area contributed by atoms with E-state index in [4.69, 9.17) is 5.10 Å². The van der Waals surface area contributed by atoms with Gasteiger partial charge in [0.25, 0.3) is 0 Å². The lowest BCUT2D eigenvalue weighted by Gasteiger charge is -2.27. The highest BCUT2D eigenvalue weighted by Crippen LogP contribution is 2.29. The van der Waals surface area contributed by atoms with Gasteiger partial charge in [-0.05, 0) is 50.6 Å². The van der Waals surface area contributed by atoms with Crippen LogP contribution in [0.15, 0.2) is 12.3 Å². The molecule has 1 fully saturated rings. The predicted molar refractivity (Wildman–Crippen MR) is 84.9 cm³/mol. The maximum Gasteiger partial charge on any atom is 0.0628 e. The van der Waals surface area contributed by atoms with E-state index in [2.05, 4.69) is 50.0 Å². The van der Waals surface area contributed by atoms with Gasteiger partial charge in [0.1, 0.15) is 0 Å². The molecule has 0 spiro atoms. The summed E-state index contributed by atoms with van der Waals surface area (Å²) in [5, 5.41) is 8.42. The number of aromatic nitrogens is 2. The zero-order valence-electron chi connectivity index (χ0n) is 13.6. The Labute approximate surface area is 124 Å². The van der Waals surface area contributed by atoms with Crippen LogP contribution < -0.4 is 5.32 Å². The van der Waals surface area contributed by atoms with E-state index in [0.717, 1.165) is 13.0 Å². The molecule has 0 aromatic carbocycles. The van der Waals surface area contributed by atoms with E-state index in [-0.39, 0.29) is 0 Å². The Balaban J connectivity index is 1.99. The molecule has 0 aliphatic heterocycles. The van der Waals surface area contributed by atoms with E-state index in [1.165, 1.54) is 31.4 Å². The van der Waals surface area contributed by atoms with Crippen LogP contribution in [0, 0.1) is 11.8 Å². The van der Waals surface area contributed by atoms with Gasteiger partial charge in [0.05, 0.1) is 11.7 Å². The van der Waals surface area contributed by atoms with Crippen LogP contribution in [-0.4, -0.2) is 22.4 Å². The molecule has 1 heterocycles. The molecule has 3 nitrogen and oxygen atoms in total. The summed E-state index contributed by atoms with van der Waals surface area (Å²) in [6.07, 6.45) is 8.63. The van der Waals surface area contributed by atoms with Gasteiger partial charge in [-0.25, -0.2) is 0 Å². The Morgan fingerprint density at radius 3 is 2.60 bits per heavy atom. The molecule has 1 saturated carbocycles. The Kier molecular flexibility index (Phi) is 5.64. The minimum atomic E-state index is 0.552. The van der Waals surface area contributed by atoms with Gasteiger partial charge in [0, 0.05) is 12.2 Å². The van der Waals surface area contributed by atoms with Crippen LogP contribution in [0.5, 0.6) is 0 Å². The van der Waals surface area contributed by atoms with Crippen molar-refractivity contribution in [2.45, 2.75) is 71.9 Å². The summed E-state index contributed by atoms with van der Waals surface area (Å²) in [6, 6.07) is 3.44. The van der Waals surface area contributed by atoms with Crippen LogP contribution in [0.2, 0.25) is 0 Å². The number of hydrogen-bond donors (Lipinski definition) is 1. The molecule has 1 aromatic rings. The molecule has 114 valence electrons. The average Bonchev–Trinajstić information content (AvgIpc) is 3.06. The molecule has 1 aromatic heterocycles. The molecule has 1 N–H and O–H groups in total. The number of nitrogens with one attached hydrogen (secondary N) is 1. The van der Waals surface area contributed by atoms with E-state index >= 15 is 0 Å². The third kappa shape index (κ3) is 3.85. The third-order valence-corrected chi connectivity index (χ3v) is 4.83. The van der Waals surface area contributed by atoms with E-state index in [1.807, 2.05) is 0 Å². The Morgan fingerprint density at radius 1 is 1.30 bits per heavy atom. The molecular weight excluding hydrogens is 246 g/mol. The van der Waals surface area contributed by atoms with Gasteiger partial charge in [-0.15, -0.1) is 0 Å². The fourth-order valence-corrected chi connectivity index (χ4v) is 3.56. The summed E-state index contributed by atoms with van der Waals surface area (Å²) in [7, 11) is 0. The largest absolute Gasteiger partial charge is 0.314 e. The minimum absolute atomic E-state index is 0.552. The van der Waals surface area contributed by atoms with Crippen molar-refractivity contribution in [2.75, 3.05) is 6.54 Å². The molecule has 20 heavy (non-hydrogen) atoms. The van der Waals surface area contributed by atoms with E-state index in [9.17, 15) is 0 Å². The van der Waals surface area contributed by atoms with Crippen LogP contribution in [0.3, 0.4) is 0 Å². The van der Waals surface area contributed by atoms with Crippen molar-refractivity contribution in [3.8, 4) is 0 Å². The fourth-order valence-electron chi connectivity index (χ4n) is 3.56. The van der Waals surface area contributed by atoms with Crippen LogP contribution >= 0.6 is 0 Å². The standard InChI is InChI=1S/C17H31N3/c1-5-18-14(4)17(13(2)3)12-15-10-11-20(19-15)16-8-6-7-9-16/h10-11,13-14,16-18H,5-9,12H2,1-4H3. The number of rotatable bonds is 7. The topological polar surface area (TPSA) is 29.9 Å². The first kappa shape index (κ1) is 15.6. The molecule has 2 atom stereocenters. The fraction of sp³-hybridized carbons (Fsp3) is 0.824. The highest BCUT2D eigenvalue weighted by molar-refractivity contribution is 5.03. The smallest absolute Gasteiger partial charge is 0.0628 e. The zero-order valence-corrected chi connectivity index (χ0v) is 13.6. The van der Waals surface area contributed by atoms with Crippen molar-refractivity contribution >= 4 is 0 Å². The van der Waals surface area contributed by atoms with Crippen molar-refractivity contribution in [2.24, 2.45) is 11.8 Å². The average molecular weight is 277 g/mol. The molecule has 1 aliphatic carbocycles. The normalized spacial score (nSPS) is 19.6. The van der Waals surface area contributed by atoms with Gasteiger partial charge in [-0.3, -0.25) is 4.68 Å². The lowest BCUT2D eigenvalue weighted by atomic mass is 9.85. The molecule has 0 radical (unpaired) electrons. The van der Waals surface area contributed by atoms with Gasteiger partial charge < -0.3 is 5.32 Å². The maximum absolute atomic E-state index is 4.85. The van der Waals surface area contributed by atoms with Crippen LogP contribution in [0.25, 0.3) is 0 Å². The molecule has 2 rings (SSSR count). The van der Waals surface area contributed by atoms with Crippen molar-refractivity contribution in [3.63, 3.8) is 0 Å². The molecule has 0 amide bonds. The second-order valence-corrected chi connectivity index (χ2v) is 6.68. The Bertz CT molecular complexity index is 391. The van der Waals surface area contributed by atoms with Crippen molar-refractivity contribution < 1.29 is 0 Å². The van der Waals surface area contributed by atoms with Crippen molar-refractivity contribution in [1.82, 2.24) is 15.1 Å². The van der Waals surface area contributed by atoms with Gasteiger partial charge in [0.2, 0.25) is 0 Å². The Hall–Kier alpha value is -0.830. The summed E-state index contributed by atoms with van der Waals surface area (Å²) in [5.41, 5.74) is 1.26.